The molecule has 72 heavy (non-hydrogen) atoms. The van der Waals surface area contributed by atoms with E-state index in [9.17, 15) is 4.79 Å². The Morgan fingerprint density at radius 2 is 0.389 bits per heavy atom. The molecule has 0 atom stereocenters. The Morgan fingerprint density at radius 1 is 0.250 bits per heavy atom. The van der Waals surface area contributed by atoms with E-state index in [4.69, 9.17) is 79.7 Å². The zero-order valence-corrected chi connectivity index (χ0v) is 56.7. The molecule has 0 unspecified atom stereocenters. The number of nitrogens with zero attached hydrogens (tertiary/aromatic N) is 1. The normalized spacial score (nSPS) is 13.7. The van der Waals surface area contributed by atoms with Gasteiger partial charge in [-0.2, -0.15) is 0 Å². The molecule has 20 nitrogen and oxygen atoms in total. The molecule has 28 heteroatoms. The second-order valence-corrected chi connectivity index (χ2v) is 47.2. The van der Waals surface area contributed by atoms with Crippen LogP contribution in [-0.4, -0.2) is 221 Å². The predicted octanol–water partition coefficient (Wildman–Crippen LogP) is 8.12. The van der Waals surface area contributed by atoms with Gasteiger partial charge in [0, 0.05) is 184 Å². The van der Waals surface area contributed by atoms with Crippen LogP contribution in [0, 0.1) is 0 Å². The van der Waals surface area contributed by atoms with Crippen LogP contribution in [0.25, 0.3) is 0 Å². The molecule has 0 aliphatic heterocycles. The molecule has 432 valence electrons. The number of carbonyl (C=O) groups is 1. The van der Waals surface area contributed by atoms with Crippen molar-refractivity contribution in [1.29, 1.82) is 0 Å². The van der Waals surface area contributed by atoms with Crippen molar-refractivity contribution in [3.8, 4) is 0 Å². The van der Waals surface area contributed by atoms with E-state index in [0.29, 0.717) is 49.4 Å². The Hall–Kier alpha value is 0.485. The smallest absolute Gasteiger partial charge is 0.377 e. The molecular formula is C44H105NO19Si8. The highest BCUT2D eigenvalue weighted by Crippen LogP contribution is 2.39. The lowest BCUT2D eigenvalue weighted by Gasteiger charge is -2.37. The Kier molecular flexibility index (Phi) is 38.4. The van der Waals surface area contributed by atoms with E-state index < -0.39 is 69.0 Å². The summed E-state index contributed by atoms with van der Waals surface area (Å²) in [6, 6.07) is 12.5. The van der Waals surface area contributed by atoms with E-state index in [-0.39, 0.29) is 5.91 Å². The van der Waals surface area contributed by atoms with Gasteiger partial charge >= 0.3 is 52.8 Å². The first-order chi connectivity index (χ1) is 34.3. The summed E-state index contributed by atoms with van der Waals surface area (Å²) in [6.07, 6.45) is 7.14. The van der Waals surface area contributed by atoms with Crippen LogP contribution < -0.4 is 0 Å². The summed E-state index contributed by atoms with van der Waals surface area (Å²) in [5.74, 6) is 0.0842. The molecule has 0 saturated carbocycles. The first-order valence-corrected chi connectivity index (χ1v) is 42.8. The zero-order chi connectivity index (χ0) is 54.9. The Balaban J connectivity index is 7.09. The molecule has 0 rings (SSSR count). The first kappa shape index (κ1) is 72.5. The Bertz CT molecular complexity index is 1100. The summed E-state index contributed by atoms with van der Waals surface area (Å²) < 4.78 is 106. The van der Waals surface area contributed by atoms with Crippen LogP contribution >= 0.6 is 0 Å². The summed E-state index contributed by atoms with van der Waals surface area (Å²) in [5.41, 5.74) is 0. The third kappa shape index (κ3) is 23.4. The molecule has 0 bridgehead atoms. The van der Waals surface area contributed by atoms with Gasteiger partial charge in [0.25, 0.3) is 0 Å². The third-order valence-electron chi connectivity index (χ3n) is 15.5. The minimum absolute atomic E-state index is 0.0842. The standard InChI is InChI=1S/C44H105NO19Si8/c1-44(46)45(28-20-30-65(32-22-38-67(47-2,48-3)49-4,33-23-39-68(50-5,51-6)52-7)34-24-40-69(53-8,54-9)55-10)29-21-31-66(35-25-41-70(56-11,57-12)58-13,36-26-42-71(59-14,60-15)61-16)37-27-43-72(62-17,63-18)64-19/h20-43H2,1-19H3. The first-order valence-electron chi connectivity index (χ1n) is 25.5. The van der Waals surface area contributed by atoms with Gasteiger partial charge in [0.15, 0.2) is 0 Å². The fourth-order valence-corrected chi connectivity index (χ4v) is 33.5. The summed E-state index contributed by atoms with van der Waals surface area (Å²) >= 11 is 0. The van der Waals surface area contributed by atoms with E-state index in [2.05, 4.69) is 4.90 Å². The minimum atomic E-state index is -2.83. The fraction of sp³-hybridized carbons (Fsp3) is 0.977. The maximum absolute atomic E-state index is 13.7. The molecule has 0 aromatic rings. The van der Waals surface area contributed by atoms with Gasteiger partial charge in [0.2, 0.25) is 5.91 Å². The van der Waals surface area contributed by atoms with Crippen LogP contribution in [0.5, 0.6) is 0 Å². The fourth-order valence-electron chi connectivity index (χ4n) is 10.6. The van der Waals surface area contributed by atoms with Gasteiger partial charge in [0.1, 0.15) is 0 Å². The summed E-state index contributed by atoms with van der Waals surface area (Å²) in [5, 5.41) is 0. The lowest BCUT2D eigenvalue weighted by molar-refractivity contribution is -0.128. The van der Waals surface area contributed by atoms with Crippen molar-refractivity contribution < 1.29 is 84.5 Å². The van der Waals surface area contributed by atoms with Gasteiger partial charge in [-0.3, -0.25) is 4.79 Å². The van der Waals surface area contributed by atoms with Crippen molar-refractivity contribution in [1.82, 2.24) is 4.90 Å². The zero-order valence-electron chi connectivity index (χ0n) is 48.7. The van der Waals surface area contributed by atoms with Crippen molar-refractivity contribution in [2.24, 2.45) is 0 Å². The number of amides is 1. The van der Waals surface area contributed by atoms with Crippen molar-refractivity contribution in [2.75, 3.05) is 141 Å². The van der Waals surface area contributed by atoms with Crippen LogP contribution in [0.15, 0.2) is 0 Å². The molecule has 0 saturated heterocycles. The van der Waals surface area contributed by atoms with E-state index in [1.54, 1.807) is 135 Å². The highest BCUT2D eigenvalue weighted by molar-refractivity contribution is 6.81. The van der Waals surface area contributed by atoms with Crippen molar-refractivity contribution in [2.45, 2.75) is 143 Å². The van der Waals surface area contributed by atoms with E-state index in [1.165, 1.54) is 0 Å². The largest absolute Gasteiger partial charge is 0.500 e. The second kappa shape index (κ2) is 38.1. The lowest BCUT2D eigenvalue weighted by Crippen LogP contribution is -2.45. The molecule has 0 heterocycles. The maximum Gasteiger partial charge on any atom is 0.500 e. The molecule has 0 N–H and O–H groups in total. The van der Waals surface area contributed by atoms with Gasteiger partial charge in [-0.25, -0.2) is 0 Å². The van der Waals surface area contributed by atoms with Gasteiger partial charge in [-0.1, -0.05) is 86.9 Å². The van der Waals surface area contributed by atoms with Crippen LogP contribution in [0.3, 0.4) is 0 Å². The highest BCUT2D eigenvalue weighted by atomic mass is 28.4. The van der Waals surface area contributed by atoms with E-state index in [0.717, 1.165) is 99.7 Å². The average molecular weight is 1180 g/mol. The van der Waals surface area contributed by atoms with Crippen molar-refractivity contribution in [3.63, 3.8) is 0 Å². The summed E-state index contributed by atoms with van der Waals surface area (Å²) in [7, 11) is 8.84. The van der Waals surface area contributed by atoms with Crippen molar-refractivity contribution in [3.05, 3.63) is 0 Å². The molecular weight excluding hydrogens is 1070 g/mol. The minimum Gasteiger partial charge on any atom is -0.377 e. The van der Waals surface area contributed by atoms with Gasteiger partial charge in [-0.05, 0) is 12.8 Å². The van der Waals surface area contributed by atoms with E-state index >= 15 is 0 Å². The van der Waals surface area contributed by atoms with Crippen molar-refractivity contribution >= 4 is 74.9 Å². The third-order valence-corrected chi connectivity index (χ3v) is 43.8. The monoisotopic (exact) mass is 1180 g/mol. The summed E-state index contributed by atoms with van der Waals surface area (Å²) in [4.78, 5) is 15.7. The number of hydrogen-bond acceptors (Lipinski definition) is 19. The number of carbonyl (C=O) groups excluding carboxylic acids is 1. The highest BCUT2D eigenvalue weighted by Gasteiger charge is 2.46. The van der Waals surface area contributed by atoms with E-state index in [1.807, 2.05) is 0 Å². The molecule has 0 spiro atoms. The second-order valence-electron chi connectivity index (χ2n) is 18.6. The molecule has 1 amide bonds. The molecule has 0 aromatic carbocycles. The Labute approximate surface area is 446 Å². The average Bonchev–Trinajstić information content (AvgIpc) is 3.41. The molecule has 0 aliphatic rings. The molecule has 0 aliphatic carbocycles. The summed E-state index contributed by atoms with van der Waals surface area (Å²) in [6.45, 7) is 3.04. The van der Waals surface area contributed by atoms with Gasteiger partial charge in [-0.15, -0.1) is 0 Å². The van der Waals surface area contributed by atoms with Crippen LogP contribution in [0.1, 0.15) is 58.3 Å². The maximum atomic E-state index is 13.7. The van der Waals surface area contributed by atoms with Crippen LogP contribution in [-0.2, 0) is 84.5 Å². The SMILES string of the molecule is CO[Si](CCC[Si](CCCN(CCC[Si](CCC[Si](OC)(OC)OC)(CCC[Si](OC)(OC)OC)CCC[Si](OC)(OC)OC)C(C)=O)(CCC[Si](OC)(OC)OC)CCC[Si](OC)(OC)OC)(OC)OC. The van der Waals surface area contributed by atoms with Gasteiger partial charge < -0.3 is 84.6 Å². The molecule has 0 aromatic heterocycles. The molecule has 0 fully saturated rings. The molecule has 0 radical (unpaired) electrons. The predicted molar refractivity (Wildman–Crippen MR) is 299 cm³/mol. The lowest BCUT2D eigenvalue weighted by atomic mass is 10.3. The van der Waals surface area contributed by atoms with Crippen LogP contribution in [0.2, 0.25) is 84.6 Å². The van der Waals surface area contributed by atoms with Gasteiger partial charge in [0.05, 0.1) is 16.1 Å². The quantitative estimate of drug-likeness (QED) is 0.0531. The van der Waals surface area contributed by atoms with Crippen LogP contribution in [0.4, 0.5) is 0 Å². The topological polar surface area (TPSA) is 186 Å². The number of hydrogen-bond donors (Lipinski definition) is 0. The Morgan fingerprint density at radius 3 is 0.514 bits per heavy atom. The number of rotatable bonds is 50.